The van der Waals surface area contributed by atoms with E-state index < -0.39 is 5.97 Å². The SMILES string of the molecule is COC(=O)C1=C(c2ccc(F)cc2)c2ccccc2OC1. The third-order valence-electron chi connectivity index (χ3n) is 3.39. The van der Waals surface area contributed by atoms with E-state index in [0.29, 0.717) is 11.3 Å². The molecule has 0 saturated carbocycles. The van der Waals surface area contributed by atoms with Crippen LogP contribution >= 0.6 is 0 Å². The summed E-state index contributed by atoms with van der Waals surface area (Å²) in [6.45, 7) is 0.135. The molecular weight excluding hydrogens is 271 g/mol. The summed E-state index contributed by atoms with van der Waals surface area (Å²) < 4.78 is 23.6. The Morgan fingerprint density at radius 3 is 2.57 bits per heavy atom. The molecule has 0 fully saturated rings. The van der Waals surface area contributed by atoms with Gasteiger partial charge in [-0.1, -0.05) is 30.3 Å². The minimum absolute atomic E-state index is 0.135. The minimum Gasteiger partial charge on any atom is -0.488 e. The number of para-hydroxylation sites is 1. The second-order valence-electron chi connectivity index (χ2n) is 4.64. The maximum Gasteiger partial charge on any atom is 0.337 e. The number of ether oxygens (including phenoxy) is 2. The molecule has 0 amide bonds. The van der Waals surface area contributed by atoms with Gasteiger partial charge in [0.1, 0.15) is 18.2 Å². The Kier molecular flexibility index (Phi) is 3.44. The Labute approximate surface area is 121 Å². The molecule has 0 radical (unpaired) electrons. The number of fused-ring (bicyclic) bond motifs is 1. The van der Waals surface area contributed by atoms with Gasteiger partial charge in [-0.3, -0.25) is 0 Å². The molecule has 1 heterocycles. The smallest absolute Gasteiger partial charge is 0.337 e. The second-order valence-corrected chi connectivity index (χ2v) is 4.64. The van der Waals surface area contributed by atoms with Crippen molar-refractivity contribution in [2.75, 3.05) is 13.7 Å². The van der Waals surface area contributed by atoms with Gasteiger partial charge in [0.15, 0.2) is 0 Å². The lowest BCUT2D eigenvalue weighted by molar-refractivity contribution is -0.136. The Morgan fingerprint density at radius 1 is 1.14 bits per heavy atom. The lowest BCUT2D eigenvalue weighted by atomic mass is 9.91. The summed E-state index contributed by atoms with van der Waals surface area (Å²) in [6, 6.07) is 13.5. The number of benzene rings is 2. The van der Waals surface area contributed by atoms with Crippen LogP contribution in [0, 0.1) is 5.82 Å². The van der Waals surface area contributed by atoms with Crippen molar-refractivity contribution in [3.05, 3.63) is 71.0 Å². The third-order valence-corrected chi connectivity index (χ3v) is 3.39. The summed E-state index contributed by atoms with van der Waals surface area (Å²) in [7, 11) is 1.33. The first-order chi connectivity index (χ1) is 10.2. The molecule has 3 rings (SSSR count). The number of carbonyl (C=O) groups is 1. The molecule has 1 aliphatic heterocycles. The van der Waals surface area contributed by atoms with Gasteiger partial charge in [0.05, 0.1) is 12.7 Å². The normalized spacial score (nSPS) is 13.4. The van der Waals surface area contributed by atoms with E-state index in [-0.39, 0.29) is 12.4 Å². The average molecular weight is 284 g/mol. The van der Waals surface area contributed by atoms with Crippen molar-refractivity contribution >= 4 is 11.5 Å². The van der Waals surface area contributed by atoms with Gasteiger partial charge in [-0.2, -0.15) is 0 Å². The maximum atomic E-state index is 13.1. The number of hydrogen-bond acceptors (Lipinski definition) is 3. The zero-order valence-corrected chi connectivity index (χ0v) is 11.4. The minimum atomic E-state index is -0.441. The molecule has 106 valence electrons. The lowest BCUT2D eigenvalue weighted by Gasteiger charge is -2.23. The van der Waals surface area contributed by atoms with E-state index in [1.165, 1.54) is 19.2 Å². The molecule has 2 aromatic carbocycles. The van der Waals surface area contributed by atoms with E-state index in [2.05, 4.69) is 0 Å². The van der Waals surface area contributed by atoms with Crippen LogP contribution in [-0.2, 0) is 9.53 Å². The van der Waals surface area contributed by atoms with Crippen LogP contribution in [0.4, 0.5) is 4.39 Å². The van der Waals surface area contributed by atoms with Crippen molar-refractivity contribution in [3.63, 3.8) is 0 Å². The summed E-state index contributed by atoms with van der Waals surface area (Å²) >= 11 is 0. The standard InChI is InChI=1S/C17H13FO3/c1-20-17(19)14-10-21-15-5-3-2-4-13(15)16(14)11-6-8-12(18)9-7-11/h2-9H,10H2,1H3. The van der Waals surface area contributed by atoms with Crippen LogP contribution in [-0.4, -0.2) is 19.7 Å². The van der Waals surface area contributed by atoms with E-state index in [9.17, 15) is 9.18 Å². The van der Waals surface area contributed by atoms with Crippen LogP contribution in [0.25, 0.3) is 5.57 Å². The van der Waals surface area contributed by atoms with Crippen LogP contribution in [0.2, 0.25) is 0 Å². The molecule has 0 aromatic heterocycles. The zero-order valence-electron chi connectivity index (χ0n) is 11.4. The molecule has 3 nitrogen and oxygen atoms in total. The number of methoxy groups -OCH3 is 1. The number of halogens is 1. The first-order valence-electron chi connectivity index (χ1n) is 6.50. The first kappa shape index (κ1) is 13.4. The van der Waals surface area contributed by atoms with Crippen LogP contribution < -0.4 is 4.74 Å². The largest absolute Gasteiger partial charge is 0.488 e. The number of hydrogen-bond donors (Lipinski definition) is 0. The van der Waals surface area contributed by atoms with Gasteiger partial charge in [-0.15, -0.1) is 0 Å². The van der Waals surface area contributed by atoms with Crippen molar-refractivity contribution < 1.29 is 18.7 Å². The zero-order chi connectivity index (χ0) is 14.8. The molecule has 0 bridgehead atoms. The van der Waals surface area contributed by atoms with Crippen LogP contribution in [0.1, 0.15) is 11.1 Å². The van der Waals surface area contributed by atoms with Crippen molar-refractivity contribution in [1.29, 1.82) is 0 Å². The molecule has 4 heteroatoms. The van der Waals surface area contributed by atoms with Crippen molar-refractivity contribution in [1.82, 2.24) is 0 Å². The number of esters is 1. The quantitative estimate of drug-likeness (QED) is 0.794. The molecule has 0 aliphatic carbocycles. The molecule has 1 aliphatic rings. The highest BCUT2D eigenvalue weighted by atomic mass is 19.1. The van der Waals surface area contributed by atoms with Gasteiger partial charge in [-0.25, -0.2) is 9.18 Å². The Balaban J connectivity index is 2.23. The summed E-state index contributed by atoms with van der Waals surface area (Å²) in [4.78, 5) is 12.0. The van der Waals surface area contributed by atoms with E-state index >= 15 is 0 Å². The molecule has 0 N–H and O–H groups in total. The lowest BCUT2D eigenvalue weighted by Crippen LogP contribution is -2.19. The fraction of sp³-hybridized carbons (Fsp3) is 0.118. The highest BCUT2D eigenvalue weighted by Crippen LogP contribution is 2.37. The van der Waals surface area contributed by atoms with E-state index in [0.717, 1.165) is 16.7 Å². The van der Waals surface area contributed by atoms with Crippen LogP contribution in [0.5, 0.6) is 5.75 Å². The van der Waals surface area contributed by atoms with E-state index in [1.807, 2.05) is 24.3 Å². The van der Waals surface area contributed by atoms with Gasteiger partial charge in [-0.05, 0) is 23.8 Å². The van der Waals surface area contributed by atoms with Gasteiger partial charge in [0, 0.05) is 11.1 Å². The van der Waals surface area contributed by atoms with Crippen molar-refractivity contribution in [3.8, 4) is 5.75 Å². The molecule has 0 atom stereocenters. The molecule has 0 spiro atoms. The highest BCUT2D eigenvalue weighted by Gasteiger charge is 2.26. The van der Waals surface area contributed by atoms with Crippen molar-refractivity contribution in [2.24, 2.45) is 0 Å². The topological polar surface area (TPSA) is 35.5 Å². The second kappa shape index (κ2) is 5.40. The summed E-state index contributed by atoms with van der Waals surface area (Å²) in [6.07, 6.45) is 0. The Hall–Kier alpha value is -2.62. The third kappa shape index (κ3) is 2.40. The number of carbonyl (C=O) groups excluding carboxylic acids is 1. The summed E-state index contributed by atoms with van der Waals surface area (Å²) in [5.74, 6) is -0.0624. The maximum absolute atomic E-state index is 13.1. The van der Waals surface area contributed by atoms with Crippen molar-refractivity contribution in [2.45, 2.75) is 0 Å². The van der Waals surface area contributed by atoms with Gasteiger partial charge < -0.3 is 9.47 Å². The Morgan fingerprint density at radius 2 is 1.86 bits per heavy atom. The molecule has 21 heavy (non-hydrogen) atoms. The van der Waals surface area contributed by atoms with E-state index in [1.54, 1.807) is 12.1 Å². The van der Waals surface area contributed by atoms with Crippen LogP contribution in [0.3, 0.4) is 0 Å². The molecule has 0 saturated heterocycles. The monoisotopic (exact) mass is 284 g/mol. The predicted molar refractivity (Wildman–Crippen MR) is 76.4 cm³/mol. The van der Waals surface area contributed by atoms with Crippen LogP contribution in [0.15, 0.2) is 54.1 Å². The number of rotatable bonds is 2. The van der Waals surface area contributed by atoms with E-state index in [4.69, 9.17) is 9.47 Å². The summed E-state index contributed by atoms with van der Waals surface area (Å²) in [5, 5.41) is 0. The molecular formula is C17H13FO3. The van der Waals surface area contributed by atoms with Gasteiger partial charge in [0.25, 0.3) is 0 Å². The fourth-order valence-corrected chi connectivity index (χ4v) is 2.41. The summed E-state index contributed by atoms with van der Waals surface area (Å²) in [5.41, 5.74) is 2.72. The highest BCUT2D eigenvalue weighted by molar-refractivity contribution is 6.03. The molecule has 2 aromatic rings. The van der Waals surface area contributed by atoms with Gasteiger partial charge in [0.2, 0.25) is 0 Å². The average Bonchev–Trinajstić information content (AvgIpc) is 2.54. The first-order valence-corrected chi connectivity index (χ1v) is 6.50. The predicted octanol–water partition coefficient (Wildman–Crippen LogP) is 3.19. The fourth-order valence-electron chi connectivity index (χ4n) is 2.41. The molecule has 0 unspecified atom stereocenters. The van der Waals surface area contributed by atoms with Gasteiger partial charge >= 0.3 is 5.97 Å². The Bertz CT molecular complexity index is 717.